The number of unbranched alkanes of at least 4 members (excludes halogenated alkanes) is 5. The lowest BCUT2D eigenvalue weighted by atomic mass is 10.0. The SMILES string of the molecule is CCCCCCCCC(COCCCOS(=O)(=O)c1ccc(C)cc1)COS(=O)(=O)c1ccc(C)cc1. The quantitative estimate of drug-likeness (QED) is 0.151. The smallest absolute Gasteiger partial charge is 0.296 e. The molecular weight excluding hydrogens is 512 g/mol. The third-order valence-electron chi connectivity index (χ3n) is 6.07. The third kappa shape index (κ3) is 12.1. The van der Waals surface area contributed by atoms with Crippen molar-refractivity contribution in [1.29, 1.82) is 0 Å². The van der Waals surface area contributed by atoms with Crippen molar-refractivity contribution in [2.24, 2.45) is 5.92 Å². The monoisotopic (exact) mass is 554 g/mol. The normalized spacial score (nSPS) is 13.1. The molecule has 0 N–H and O–H groups in total. The highest BCUT2D eigenvalue weighted by Crippen LogP contribution is 2.19. The Hall–Kier alpha value is -1.78. The second-order valence-electron chi connectivity index (χ2n) is 9.49. The lowest BCUT2D eigenvalue weighted by Crippen LogP contribution is -2.20. The molecule has 0 aliphatic carbocycles. The van der Waals surface area contributed by atoms with Gasteiger partial charge in [-0.1, -0.05) is 80.8 Å². The average Bonchev–Trinajstić information content (AvgIpc) is 2.86. The van der Waals surface area contributed by atoms with Gasteiger partial charge in [0.25, 0.3) is 20.2 Å². The van der Waals surface area contributed by atoms with Gasteiger partial charge in [-0.2, -0.15) is 16.8 Å². The predicted octanol–water partition coefficient (Wildman–Crippen LogP) is 6.19. The van der Waals surface area contributed by atoms with Crippen molar-refractivity contribution in [2.75, 3.05) is 26.4 Å². The molecule has 2 rings (SSSR count). The Kier molecular flexibility index (Phi) is 13.8. The molecule has 0 aliphatic rings. The molecule has 0 aromatic heterocycles. The zero-order chi connectivity index (χ0) is 27.2. The second kappa shape index (κ2) is 16.2. The van der Waals surface area contributed by atoms with Crippen LogP contribution in [0.1, 0.15) is 69.4 Å². The van der Waals surface area contributed by atoms with E-state index in [2.05, 4.69) is 6.92 Å². The third-order valence-corrected chi connectivity index (χ3v) is 8.69. The highest BCUT2D eigenvalue weighted by Gasteiger charge is 2.19. The van der Waals surface area contributed by atoms with E-state index in [0.29, 0.717) is 19.6 Å². The van der Waals surface area contributed by atoms with Crippen LogP contribution in [-0.4, -0.2) is 43.3 Å². The zero-order valence-corrected chi connectivity index (χ0v) is 24.0. The number of ether oxygens (including phenoxy) is 1. The molecule has 208 valence electrons. The van der Waals surface area contributed by atoms with Gasteiger partial charge in [0.2, 0.25) is 0 Å². The largest absolute Gasteiger partial charge is 0.381 e. The van der Waals surface area contributed by atoms with Crippen LogP contribution in [0.4, 0.5) is 0 Å². The molecular formula is C28H42O7S2. The Morgan fingerprint density at radius 3 is 1.70 bits per heavy atom. The minimum atomic E-state index is -3.84. The standard InChI is InChI=1S/C28H42O7S2/c1-4-5-6-7-8-9-11-26(23-35-37(31,32)28-18-14-25(3)15-19-28)22-33-20-10-21-34-36(29,30)27-16-12-24(2)13-17-27/h12-19,26H,4-11,20-23H2,1-3H3. The Labute approximate surface area is 223 Å². The van der Waals surface area contributed by atoms with Gasteiger partial charge in [-0.05, 0) is 51.0 Å². The molecule has 0 saturated carbocycles. The molecule has 0 spiro atoms. The van der Waals surface area contributed by atoms with E-state index in [-0.39, 0.29) is 28.9 Å². The van der Waals surface area contributed by atoms with E-state index in [1.54, 1.807) is 36.4 Å². The fourth-order valence-corrected chi connectivity index (χ4v) is 5.66. The molecule has 0 heterocycles. The Morgan fingerprint density at radius 1 is 0.622 bits per heavy atom. The van der Waals surface area contributed by atoms with Gasteiger partial charge >= 0.3 is 0 Å². The molecule has 7 nitrogen and oxygen atoms in total. The average molecular weight is 555 g/mol. The molecule has 0 amide bonds. The van der Waals surface area contributed by atoms with Crippen molar-refractivity contribution in [3.05, 3.63) is 59.7 Å². The van der Waals surface area contributed by atoms with Gasteiger partial charge in [0.15, 0.2) is 0 Å². The zero-order valence-electron chi connectivity index (χ0n) is 22.4. The highest BCUT2D eigenvalue weighted by molar-refractivity contribution is 7.87. The molecule has 1 atom stereocenters. The van der Waals surface area contributed by atoms with Gasteiger partial charge < -0.3 is 4.74 Å². The maximum Gasteiger partial charge on any atom is 0.296 e. The summed E-state index contributed by atoms with van der Waals surface area (Å²) in [6.07, 6.45) is 8.06. The van der Waals surface area contributed by atoms with Crippen LogP contribution in [0.2, 0.25) is 0 Å². The molecule has 37 heavy (non-hydrogen) atoms. The second-order valence-corrected chi connectivity index (χ2v) is 12.7. The van der Waals surface area contributed by atoms with Crippen LogP contribution in [0.25, 0.3) is 0 Å². The van der Waals surface area contributed by atoms with Crippen molar-refractivity contribution in [1.82, 2.24) is 0 Å². The van der Waals surface area contributed by atoms with E-state index in [1.807, 2.05) is 13.8 Å². The van der Waals surface area contributed by atoms with E-state index < -0.39 is 20.2 Å². The Morgan fingerprint density at radius 2 is 1.14 bits per heavy atom. The minimum absolute atomic E-state index is 0.0105. The summed E-state index contributed by atoms with van der Waals surface area (Å²) in [5.41, 5.74) is 1.95. The highest BCUT2D eigenvalue weighted by atomic mass is 32.2. The van der Waals surface area contributed by atoms with Crippen LogP contribution < -0.4 is 0 Å². The maximum absolute atomic E-state index is 12.6. The predicted molar refractivity (Wildman–Crippen MR) is 146 cm³/mol. The maximum atomic E-state index is 12.6. The summed E-state index contributed by atoms with van der Waals surface area (Å²) in [5.74, 6) is -0.0800. The fourth-order valence-electron chi connectivity index (χ4n) is 3.74. The first-order chi connectivity index (χ1) is 17.6. The molecule has 2 aromatic rings. The van der Waals surface area contributed by atoms with Crippen LogP contribution in [0, 0.1) is 19.8 Å². The van der Waals surface area contributed by atoms with Gasteiger partial charge in [-0.3, -0.25) is 8.37 Å². The first kappa shape index (κ1) is 31.4. The van der Waals surface area contributed by atoms with Gasteiger partial charge in [0.1, 0.15) is 0 Å². The van der Waals surface area contributed by atoms with E-state index in [1.165, 1.54) is 31.4 Å². The van der Waals surface area contributed by atoms with Gasteiger partial charge in [0.05, 0.1) is 29.6 Å². The number of hydrogen-bond donors (Lipinski definition) is 0. The number of benzene rings is 2. The Balaban J connectivity index is 1.79. The van der Waals surface area contributed by atoms with Crippen molar-refractivity contribution in [2.45, 2.75) is 81.9 Å². The first-order valence-corrected chi connectivity index (χ1v) is 16.0. The van der Waals surface area contributed by atoms with Crippen LogP contribution in [-0.2, 0) is 33.3 Å². The molecule has 0 saturated heterocycles. The van der Waals surface area contributed by atoms with E-state index in [0.717, 1.165) is 36.8 Å². The minimum Gasteiger partial charge on any atom is -0.381 e. The fraction of sp³-hybridized carbons (Fsp3) is 0.571. The molecule has 0 aliphatic heterocycles. The summed E-state index contributed by atoms with van der Waals surface area (Å²) < 4.78 is 66.0. The molecule has 9 heteroatoms. The van der Waals surface area contributed by atoms with Crippen molar-refractivity contribution < 1.29 is 29.9 Å². The van der Waals surface area contributed by atoms with Gasteiger partial charge in [0, 0.05) is 12.5 Å². The number of hydrogen-bond acceptors (Lipinski definition) is 7. The van der Waals surface area contributed by atoms with E-state index >= 15 is 0 Å². The lowest BCUT2D eigenvalue weighted by Gasteiger charge is -2.17. The van der Waals surface area contributed by atoms with E-state index in [9.17, 15) is 16.8 Å². The summed E-state index contributed by atoms with van der Waals surface area (Å²) in [5, 5.41) is 0. The number of rotatable bonds is 19. The summed E-state index contributed by atoms with van der Waals surface area (Å²) in [6, 6.07) is 13.1. The van der Waals surface area contributed by atoms with Crippen LogP contribution in [0.15, 0.2) is 58.3 Å². The van der Waals surface area contributed by atoms with Crippen LogP contribution in [0.3, 0.4) is 0 Å². The topological polar surface area (TPSA) is 96.0 Å². The van der Waals surface area contributed by atoms with Crippen molar-refractivity contribution in [3.63, 3.8) is 0 Å². The molecule has 2 aromatic carbocycles. The summed E-state index contributed by atoms with van der Waals surface area (Å²) in [7, 11) is -7.64. The summed E-state index contributed by atoms with van der Waals surface area (Å²) >= 11 is 0. The molecule has 0 fully saturated rings. The van der Waals surface area contributed by atoms with Gasteiger partial charge in [-0.25, -0.2) is 0 Å². The summed E-state index contributed by atoms with van der Waals surface area (Å²) in [6.45, 7) is 6.66. The first-order valence-electron chi connectivity index (χ1n) is 13.1. The van der Waals surface area contributed by atoms with Gasteiger partial charge in [-0.15, -0.1) is 0 Å². The van der Waals surface area contributed by atoms with Crippen LogP contribution >= 0.6 is 0 Å². The van der Waals surface area contributed by atoms with Crippen molar-refractivity contribution >= 4 is 20.2 Å². The summed E-state index contributed by atoms with van der Waals surface area (Å²) in [4.78, 5) is 0.272. The molecule has 0 bridgehead atoms. The Bertz CT molecular complexity index is 1110. The van der Waals surface area contributed by atoms with Crippen molar-refractivity contribution in [3.8, 4) is 0 Å². The van der Waals surface area contributed by atoms with Crippen LogP contribution in [0.5, 0.6) is 0 Å². The molecule has 0 radical (unpaired) electrons. The number of aryl methyl sites for hydroxylation is 2. The lowest BCUT2D eigenvalue weighted by molar-refractivity contribution is 0.0681. The van der Waals surface area contributed by atoms with E-state index in [4.69, 9.17) is 13.1 Å². The molecule has 1 unspecified atom stereocenters.